The molecule has 0 spiro atoms. The molecule has 5 rings (SSSR count). The van der Waals surface area contributed by atoms with Crippen LogP contribution in [-0.4, -0.2) is 55.9 Å². The van der Waals surface area contributed by atoms with Gasteiger partial charge in [-0.2, -0.15) is 0 Å². The minimum atomic E-state index is -0.998. The van der Waals surface area contributed by atoms with E-state index in [0.717, 1.165) is 16.7 Å². The molecule has 1 atom stereocenters. The Bertz CT molecular complexity index is 1710. The van der Waals surface area contributed by atoms with Crippen LogP contribution in [0.2, 0.25) is 10.2 Å². The Balaban J connectivity index is 1.38. The molecule has 1 aromatic heterocycles. The summed E-state index contributed by atoms with van der Waals surface area (Å²) in [6.07, 6.45) is 5.23. The molecule has 43 heavy (non-hydrogen) atoms. The average Bonchev–Trinajstić information content (AvgIpc) is 3.43. The molecule has 2 N–H and O–H groups in total. The maximum absolute atomic E-state index is 13.8. The van der Waals surface area contributed by atoms with Crippen LogP contribution in [-0.2, 0) is 21.4 Å². The smallest absolute Gasteiger partial charge is 0.335 e. The van der Waals surface area contributed by atoms with Crippen molar-refractivity contribution < 1.29 is 19.5 Å². The van der Waals surface area contributed by atoms with Crippen LogP contribution in [0.3, 0.4) is 0 Å². The third-order valence-electron chi connectivity index (χ3n) is 7.54. The zero-order valence-corrected chi connectivity index (χ0v) is 25.0. The molecule has 2 heterocycles. The van der Waals surface area contributed by atoms with Crippen molar-refractivity contribution >= 4 is 47.1 Å². The molecule has 0 radical (unpaired) electrons. The van der Waals surface area contributed by atoms with Crippen LogP contribution in [0, 0.1) is 0 Å². The van der Waals surface area contributed by atoms with Gasteiger partial charge in [0, 0.05) is 35.2 Å². The molecule has 0 saturated carbocycles. The van der Waals surface area contributed by atoms with Crippen molar-refractivity contribution in [2.45, 2.75) is 31.7 Å². The van der Waals surface area contributed by atoms with Gasteiger partial charge in [-0.15, -0.1) is 5.10 Å². The van der Waals surface area contributed by atoms with Gasteiger partial charge in [-0.25, -0.2) is 9.48 Å². The van der Waals surface area contributed by atoms with Crippen LogP contribution in [0.15, 0.2) is 79.0 Å². The highest BCUT2D eigenvalue weighted by Crippen LogP contribution is 2.31. The van der Waals surface area contributed by atoms with Gasteiger partial charge in [-0.05, 0) is 59.5 Å². The van der Waals surface area contributed by atoms with E-state index in [1.807, 2.05) is 38.1 Å². The van der Waals surface area contributed by atoms with Gasteiger partial charge in [0.25, 0.3) is 0 Å². The molecule has 0 unspecified atom stereocenters. The van der Waals surface area contributed by atoms with E-state index in [1.165, 1.54) is 10.8 Å². The third-order valence-corrected chi connectivity index (χ3v) is 7.95. The van der Waals surface area contributed by atoms with E-state index in [4.69, 9.17) is 23.2 Å². The second-order valence-electron chi connectivity index (χ2n) is 10.9. The largest absolute Gasteiger partial charge is 0.478 e. The van der Waals surface area contributed by atoms with E-state index >= 15 is 0 Å². The first-order valence-electron chi connectivity index (χ1n) is 13.6. The number of nitrogens with zero attached hydrogens (tertiary/aromatic N) is 4. The molecular formula is C32H29Cl2N5O4. The number of aromatic nitrogens is 3. The predicted molar refractivity (Wildman–Crippen MR) is 164 cm³/mol. The van der Waals surface area contributed by atoms with Gasteiger partial charge in [0.15, 0.2) is 5.15 Å². The average molecular weight is 619 g/mol. The summed E-state index contributed by atoms with van der Waals surface area (Å²) < 4.78 is 1.49. The minimum Gasteiger partial charge on any atom is -0.478 e. The third kappa shape index (κ3) is 6.63. The number of carboxylic acids is 1. The van der Waals surface area contributed by atoms with Crippen LogP contribution in [0.5, 0.6) is 0 Å². The molecule has 0 bridgehead atoms. The Morgan fingerprint density at radius 3 is 2.51 bits per heavy atom. The molecule has 0 aliphatic carbocycles. The SMILES string of the molecule is CC(C)(CNC(=O)[C@@H]1c2ccccc2CCN1C(=O)/C=C/c1cc(Cl)ccc1-n1cc(Cl)nn1)c1ccc(C(=O)O)cc1. The number of hydrogen-bond donors (Lipinski definition) is 2. The number of aromatic carboxylic acids is 1. The summed E-state index contributed by atoms with van der Waals surface area (Å²) in [5.41, 5.74) is 3.62. The summed E-state index contributed by atoms with van der Waals surface area (Å²) in [5.74, 6) is -1.63. The van der Waals surface area contributed by atoms with Crippen molar-refractivity contribution in [1.82, 2.24) is 25.2 Å². The van der Waals surface area contributed by atoms with Crippen molar-refractivity contribution in [3.8, 4) is 5.69 Å². The molecule has 2 amide bonds. The highest BCUT2D eigenvalue weighted by Gasteiger charge is 2.36. The van der Waals surface area contributed by atoms with Gasteiger partial charge < -0.3 is 15.3 Å². The summed E-state index contributed by atoms with van der Waals surface area (Å²) in [4.78, 5) is 40.3. The molecule has 1 aliphatic rings. The number of hydrogen-bond acceptors (Lipinski definition) is 5. The molecule has 3 aromatic carbocycles. The number of benzene rings is 3. The fourth-order valence-electron chi connectivity index (χ4n) is 5.14. The number of carbonyl (C=O) groups is 3. The van der Waals surface area contributed by atoms with Gasteiger partial charge in [0.05, 0.1) is 17.4 Å². The first kappa shape index (κ1) is 30.0. The molecule has 1 aliphatic heterocycles. The first-order valence-corrected chi connectivity index (χ1v) is 14.3. The van der Waals surface area contributed by atoms with Gasteiger partial charge in [-0.3, -0.25) is 9.59 Å². The first-order chi connectivity index (χ1) is 20.5. The number of fused-ring (bicyclic) bond motifs is 1. The fourth-order valence-corrected chi connectivity index (χ4v) is 5.45. The van der Waals surface area contributed by atoms with E-state index in [9.17, 15) is 19.5 Å². The zero-order valence-electron chi connectivity index (χ0n) is 23.5. The molecule has 0 saturated heterocycles. The number of amides is 2. The van der Waals surface area contributed by atoms with Crippen molar-refractivity contribution in [3.05, 3.63) is 117 Å². The lowest BCUT2D eigenvalue weighted by molar-refractivity contribution is -0.138. The lowest BCUT2D eigenvalue weighted by Gasteiger charge is -2.36. The predicted octanol–water partition coefficient (Wildman–Crippen LogP) is 5.51. The monoisotopic (exact) mass is 617 g/mol. The number of halogens is 2. The summed E-state index contributed by atoms with van der Waals surface area (Å²) in [6.45, 7) is 4.57. The zero-order chi connectivity index (χ0) is 30.7. The van der Waals surface area contributed by atoms with Crippen molar-refractivity contribution in [2.75, 3.05) is 13.1 Å². The normalized spacial score (nSPS) is 14.9. The van der Waals surface area contributed by atoms with Crippen LogP contribution < -0.4 is 5.32 Å². The second kappa shape index (κ2) is 12.4. The quantitative estimate of drug-likeness (QED) is 0.252. The second-order valence-corrected chi connectivity index (χ2v) is 11.7. The highest BCUT2D eigenvalue weighted by molar-refractivity contribution is 6.30. The Hall–Kier alpha value is -4.47. The van der Waals surface area contributed by atoms with E-state index in [0.29, 0.717) is 29.2 Å². The Kier molecular flexibility index (Phi) is 8.66. The number of carboxylic acid groups (broad SMARTS) is 1. The summed E-state index contributed by atoms with van der Waals surface area (Å²) >= 11 is 12.2. The fraction of sp³-hybridized carbons (Fsp3) is 0.219. The molecule has 9 nitrogen and oxygen atoms in total. The van der Waals surface area contributed by atoms with Crippen LogP contribution in [0.25, 0.3) is 11.8 Å². The number of carbonyl (C=O) groups excluding carboxylic acids is 2. The lowest BCUT2D eigenvalue weighted by Crippen LogP contribution is -2.48. The van der Waals surface area contributed by atoms with Crippen molar-refractivity contribution in [3.63, 3.8) is 0 Å². The van der Waals surface area contributed by atoms with E-state index < -0.39 is 17.4 Å². The topological polar surface area (TPSA) is 117 Å². The van der Waals surface area contributed by atoms with E-state index in [2.05, 4.69) is 15.6 Å². The Morgan fingerprint density at radius 1 is 1.07 bits per heavy atom. The van der Waals surface area contributed by atoms with Crippen molar-refractivity contribution in [2.24, 2.45) is 0 Å². The summed E-state index contributed by atoms with van der Waals surface area (Å²) in [7, 11) is 0. The minimum absolute atomic E-state index is 0.194. The van der Waals surface area contributed by atoms with Crippen molar-refractivity contribution in [1.29, 1.82) is 0 Å². The highest BCUT2D eigenvalue weighted by atomic mass is 35.5. The molecule has 220 valence electrons. The van der Waals surface area contributed by atoms with Crippen LogP contribution >= 0.6 is 23.2 Å². The maximum Gasteiger partial charge on any atom is 0.335 e. The maximum atomic E-state index is 13.8. The lowest BCUT2D eigenvalue weighted by atomic mass is 9.84. The van der Waals surface area contributed by atoms with Gasteiger partial charge >= 0.3 is 5.97 Å². The summed E-state index contributed by atoms with van der Waals surface area (Å²) in [6, 6.07) is 18.6. The Labute approximate surface area is 258 Å². The number of rotatable bonds is 8. The summed E-state index contributed by atoms with van der Waals surface area (Å²) in [5, 5.41) is 20.8. The van der Waals surface area contributed by atoms with Gasteiger partial charge in [0.2, 0.25) is 11.8 Å². The standard InChI is InChI=1S/C32H29Cl2N5O4/c1-32(2,23-10-7-21(8-11-23)31(42)43)19-35-30(41)29-25-6-4-3-5-20(25)15-16-38(29)28(40)14-9-22-17-24(33)12-13-26(22)39-18-27(34)36-37-39/h3-14,17-18,29H,15-16,19H2,1-2H3,(H,35,41)(H,42,43)/b14-9+/t29-/m0/s1. The van der Waals surface area contributed by atoms with E-state index in [-0.39, 0.29) is 29.1 Å². The molecule has 0 fully saturated rings. The van der Waals surface area contributed by atoms with Gasteiger partial charge in [-0.1, -0.05) is 78.7 Å². The van der Waals surface area contributed by atoms with Crippen LogP contribution in [0.1, 0.15) is 52.5 Å². The Morgan fingerprint density at radius 2 is 1.81 bits per heavy atom. The van der Waals surface area contributed by atoms with E-state index in [1.54, 1.807) is 59.6 Å². The van der Waals surface area contributed by atoms with Gasteiger partial charge in [0.1, 0.15) is 6.04 Å². The van der Waals surface area contributed by atoms with Crippen LogP contribution in [0.4, 0.5) is 0 Å². The molecule has 11 heteroatoms. The molecule has 4 aromatic rings. The number of nitrogens with one attached hydrogen (secondary N) is 1. The molecular weight excluding hydrogens is 589 g/mol.